The Kier molecular flexibility index (Phi) is 5.28. The molecular formula is C11H17N3O2. The molecule has 0 aromatic carbocycles. The summed E-state index contributed by atoms with van der Waals surface area (Å²) < 4.78 is 5.37. The molecule has 0 atom stereocenters. The van der Waals surface area contributed by atoms with Gasteiger partial charge in [0.15, 0.2) is 0 Å². The number of pyridine rings is 1. The van der Waals surface area contributed by atoms with E-state index < -0.39 is 0 Å². The van der Waals surface area contributed by atoms with Crippen LogP contribution in [0.15, 0.2) is 18.3 Å². The maximum atomic E-state index is 10.9. The SMILES string of the molecule is CNCc1ccc(OCCC(=O)NC)cn1. The quantitative estimate of drug-likeness (QED) is 0.729. The van der Waals surface area contributed by atoms with Gasteiger partial charge in [0.25, 0.3) is 0 Å². The summed E-state index contributed by atoms with van der Waals surface area (Å²) >= 11 is 0. The van der Waals surface area contributed by atoms with Gasteiger partial charge in [-0.2, -0.15) is 0 Å². The van der Waals surface area contributed by atoms with Crippen LogP contribution in [-0.2, 0) is 11.3 Å². The van der Waals surface area contributed by atoms with Gasteiger partial charge in [0.05, 0.1) is 24.9 Å². The van der Waals surface area contributed by atoms with Gasteiger partial charge < -0.3 is 15.4 Å². The van der Waals surface area contributed by atoms with Crippen molar-refractivity contribution in [2.75, 3.05) is 20.7 Å². The lowest BCUT2D eigenvalue weighted by molar-refractivity contribution is -0.121. The third-order valence-corrected chi connectivity index (χ3v) is 2.03. The van der Waals surface area contributed by atoms with Gasteiger partial charge in [-0.3, -0.25) is 9.78 Å². The third-order valence-electron chi connectivity index (χ3n) is 2.03. The van der Waals surface area contributed by atoms with E-state index in [0.717, 1.165) is 12.2 Å². The van der Waals surface area contributed by atoms with E-state index in [1.807, 2.05) is 19.2 Å². The molecule has 0 aliphatic heterocycles. The molecule has 16 heavy (non-hydrogen) atoms. The maximum absolute atomic E-state index is 10.9. The fourth-order valence-corrected chi connectivity index (χ4v) is 1.17. The van der Waals surface area contributed by atoms with Gasteiger partial charge in [0.2, 0.25) is 5.91 Å². The second-order valence-corrected chi connectivity index (χ2v) is 3.29. The van der Waals surface area contributed by atoms with E-state index in [1.54, 1.807) is 13.2 Å². The van der Waals surface area contributed by atoms with Crippen LogP contribution in [0.4, 0.5) is 0 Å². The first-order valence-electron chi connectivity index (χ1n) is 5.19. The first-order valence-corrected chi connectivity index (χ1v) is 5.19. The predicted molar refractivity (Wildman–Crippen MR) is 61.2 cm³/mol. The van der Waals surface area contributed by atoms with Crippen molar-refractivity contribution in [3.63, 3.8) is 0 Å². The van der Waals surface area contributed by atoms with E-state index in [-0.39, 0.29) is 5.91 Å². The Morgan fingerprint density at radius 2 is 2.25 bits per heavy atom. The summed E-state index contributed by atoms with van der Waals surface area (Å²) in [4.78, 5) is 15.1. The zero-order valence-corrected chi connectivity index (χ0v) is 9.62. The summed E-state index contributed by atoms with van der Waals surface area (Å²) in [5, 5.41) is 5.55. The summed E-state index contributed by atoms with van der Waals surface area (Å²) in [6.45, 7) is 1.10. The maximum Gasteiger partial charge on any atom is 0.223 e. The van der Waals surface area contributed by atoms with Gasteiger partial charge in [0, 0.05) is 13.6 Å². The van der Waals surface area contributed by atoms with Crippen molar-refractivity contribution in [2.45, 2.75) is 13.0 Å². The molecule has 0 saturated heterocycles. The molecule has 5 nitrogen and oxygen atoms in total. The molecule has 0 fully saturated rings. The second kappa shape index (κ2) is 6.79. The lowest BCUT2D eigenvalue weighted by Gasteiger charge is -2.05. The molecule has 0 aliphatic rings. The third kappa shape index (κ3) is 4.27. The van der Waals surface area contributed by atoms with Crippen molar-refractivity contribution in [1.29, 1.82) is 0 Å². The van der Waals surface area contributed by atoms with Crippen LogP contribution in [0.5, 0.6) is 5.75 Å². The minimum Gasteiger partial charge on any atom is -0.491 e. The van der Waals surface area contributed by atoms with Crippen molar-refractivity contribution in [3.05, 3.63) is 24.0 Å². The Bertz CT molecular complexity index is 325. The monoisotopic (exact) mass is 223 g/mol. The molecule has 1 amide bonds. The second-order valence-electron chi connectivity index (χ2n) is 3.29. The highest BCUT2D eigenvalue weighted by molar-refractivity contribution is 5.75. The molecule has 1 heterocycles. The number of carbonyl (C=O) groups is 1. The van der Waals surface area contributed by atoms with Crippen LogP contribution >= 0.6 is 0 Å². The average Bonchev–Trinajstić information content (AvgIpc) is 2.31. The highest BCUT2D eigenvalue weighted by atomic mass is 16.5. The molecule has 0 bridgehead atoms. The standard InChI is InChI=1S/C11H17N3O2/c1-12-7-9-3-4-10(8-14-9)16-6-5-11(15)13-2/h3-4,8,12H,5-7H2,1-2H3,(H,13,15). The van der Waals surface area contributed by atoms with Crippen molar-refractivity contribution >= 4 is 5.91 Å². The molecule has 0 saturated carbocycles. The molecule has 0 unspecified atom stereocenters. The number of nitrogens with zero attached hydrogens (tertiary/aromatic N) is 1. The topological polar surface area (TPSA) is 63.2 Å². The van der Waals surface area contributed by atoms with E-state index >= 15 is 0 Å². The number of ether oxygens (including phenoxy) is 1. The Labute approximate surface area is 95.2 Å². The lowest BCUT2D eigenvalue weighted by atomic mass is 10.3. The molecule has 0 radical (unpaired) electrons. The lowest BCUT2D eigenvalue weighted by Crippen LogP contribution is -2.20. The van der Waals surface area contributed by atoms with Gasteiger partial charge in [-0.1, -0.05) is 0 Å². The number of hydrogen-bond donors (Lipinski definition) is 2. The first kappa shape index (κ1) is 12.4. The minimum absolute atomic E-state index is 0.0280. The van der Waals surface area contributed by atoms with Crippen molar-refractivity contribution in [2.24, 2.45) is 0 Å². The Morgan fingerprint density at radius 1 is 1.44 bits per heavy atom. The van der Waals surface area contributed by atoms with E-state index in [4.69, 9.17) is 4.74 Å². The van der Waals surface area contributed by atoms with Crippen LogP contribution in [0.2, 0.25) is 0 Å². The Balaban J connectivity index is 2.34. The fourth-order valence-electron chi connectivity index (χ4n) is 1.17. The van der Waals surface area contributed by atoms with Crippen LogP contribution in [0.3, 0.4) is 0 Å². The van der Waals surface area contributed by atoms with Crippen molar-refractivity contribution < 1.29 is 9.53 Å². The highest BCUT2D eigenvalue weighted by Crippen LogP contribution is 2.09. The Hall–Kier alpha value is -1.62. The van der Waals surface area contributed by atoms with Crippen molar-refractivity contribution in [3.8, 4) is 5.75 Å². The van der Waals surface area contributed by atoms with Gasteiger partial charge in [0.1, 0.15) is 5.75 Å². The summed E-state index contributed by atoms with van der Waals surface area (Å²) in [5.41, 5.74) is 0.959. The molecular weight excluding hydrogens is 206 g/mol. The highest BCUT2D eigenvalue weighted by Gasteiger charge is 1.99. The van der Waals surface area contributed by atoms with Crippen molar-refractivity contribution in [1.82, 2.24) is 15.6 Å². The van der Waals surface area contributed by atoms with Crippen LogP contribution in [-0.4, -0.2) is 31.6 Å². The van der Waals surface area contributed by atoms with Crippen LogP contribution in [0.25, 0.3) is 0 Å². The normalized spacial score (nSPS) is 9.88. The molecule has 1 rings (SSSR count). The summed E-state index contributed by atoms with van der Waals surface area (Å²) in [6.07, 6.45) is 2.02. The molecule has 88 valence electrons. The van der Waals surface area contributed by atoms with Gasteiger partial charge in [-0.05, 0) is 19.2 Å². The van der Waals surface area contributed by atoms with E-state index in [9.17, 15) is 4.79 Å². The predicted octanol–water partition coefficient (Wildman–Crippen LogP) is 0.316. The Morgan fingerprint density at radius 3 is 2.81 bits per heavy atom. The summed E-state index contributed by atoms with van der Waals surface area (Å²) in [7, 11) is 3.48. The number of hydrogen-bond acceptors (Lipinski definition) is 4. The summed E-state index contributed by atoms with van der Waals surface area (Å²) in [6, 6.07) is 3.75. The zero-order valence-electron chi connectivity index (χ0n) is 9.62. The molecule has 0 aliphatic carbocycles. The smallest absolute Gasteiger partial charge is 0.223 e. The minimum atomic E-state index is -0.0280. The zero-order chi connectivity index (χ0) is 11.8. The van der Waals surface area contributed by atoms with Gasteiger partial charge in [-0.15, -0.1) is 0 Å². The summed E-state index contributed by atoms with van der Waals surface area (Å²) in [5.74, 6) is 0.656. The van der Waals surface area contributed by atoms with Gasteiger partial charge >= 0.3 is 0 Å². The molecule has 1 aromatic heterocycles. The largest absolute Gasteiger partial charge is 0.491 e. The first-order chi connectivity index (χ1) is 7.76. The van der Waals surface area contributed by atoms with Crippen LogP contribution < -0.4 is 15.4 Å². The number of rotatable bonds is 6. The molecule has 5 heteroatoms. The van der Waals surface area contributed by atoms with Crippen LogP contribution in [0, 0.1) is 0 Å². The van der Waals surface area contributed by atoms with E-state index in [2.05, 4.69) is 15.6 Å². The molecule has 0 spiro atoms. The van der Waals surface area contributed by atoms with Gasteiger partial charge in [-0.25, -0.2) is 0 Å². The number of nitrogens with one attached hydrogen (secondary N) is 2. The molecule has 1 aromatic rings. The van der Waals surface area contributed by atoms with E-state index in [1.165, 1.54) is 0 Å². The number of aromatic nitrogens is 1. The molecule has 2 N–H and O–H groups in total. The average molecular weight is 223 g/mol. The van der Waals surface area contributed by atoms with E-state index in [0.29, 0.717) is 18.8 Å². The number of amides is 1. The van der Waals surface area contributed by atoms with Crippen LogP contribution in [0.1, 0.15) is 12.1 Å². The fraction of sp³-hybridized carbons (Fsp3) is 0.455. The number of carbonyl (C=O) groups excluding carboxylic acids is 1.